The molecule has 0 saturated heterocycles. The van der Waals surface area contributed by atoms with Gasteiger partial charge >= 0.3 is 0 Å². The fraction of sp³-hybridized carbons (Fsp3) is 0.227. The molecule has 7 heteroatoms. The number of hydrogen-bond acceptors (Lipinski definition) is 6. The van der Waals surface area contributed by atoms with Crippen LogP contribution >= 0.6 is 0 Å². The first-order chi connectivity index (χ1) is 14.3. The summed E-state index contributed by atoms with van der Waals surface area (Å²) in [6.07, 6.45) is 4.13. The van der Waals surface area contributed by atoms with Crippen LogP contribution in [0.1, 0.15) is 27.0 Å². The topological polar surface area (TPSA) is 76.6 Å². The quantitative estimate of drug-likeness (QED) is 0.741. The molecule has 0 fully saturated rings. The van der Waals surface area contributed by atoms with Gasteiger partial charge in [0.25, 0.3) is 5.91 Å². The smallest absolute Gasteiger partial charge is 0.254 e. The summed E-state index contributed by atoms with van der Waals surface area (Å²) in [6, 6.07) is 14.1. The molecule has 0 bridgehead atoms. The summed E-state index contributed by atoms with van der Waals surface area (Å²) in [6.45, 7) is 2.27. The third kappa shape index (κ3) is 3.59. The van der Waals surface area contributed by atoms with E-state index < -0.39 is 0 Å². The number of benzene rings is 2. The molecule has 1 amide bonds. The van der Waals surface area contributed by atoms with Crippen LogP contribution in [0.15, 0.2) is 54.9 Å². The SMILES string of the molecule is O=C(NCc1ccc2c(c1)OCO2)c1cnc(N2CCc3ccccc3C2)nc1. The minimum atomic E-state index is -0.210. The van der Waals surface area contributed by atoms with E-state index >= 15 is 0 Å². The third-order valence-electron chi connectivity index (χ3n) is 5.20. The van der Waals surface area contributed by atoms with Crippen molar-refractivity contribution < 1.29 is 14.3 Å². The summed E-state index contributed by atoms with van der Waals surface area (Å²) in [5.74, 6) is 1.86. The van der Waals surface area contributed by atoms with Gasteiger partial charge in [0.05, 0.1) is 5.56 Å². The Labute approximate surface area is 168 Å². The molecule has 7 nitrogen and oxygen atoms in total. The highest BCUT2D eigenvalue weighted by atomic mass is 16.7. The van der Waals surface area contributed by atoms with Crippen molar-refractivity contribution in [3.63, 3.8) is 0 Å². The molecule has 146 valence electrons. The molecule has 0 saturated carbocycles. The van der Waals surface area contributed by atoms with Crippen molar-refractivity contribution in [1.82, 2.24) is 15.3 Å². The lowest BCUT2D eigenvalue weighted by atomic mass is 10.0. The highest BCUT2D eigenvalue weighted by molar-refractivity contribution is 5.93. The first-order valence-electron chi connectivity index (χ1n) is 9.57. The van der Waals surface area contributed by atoms with E-state index in [1.807, 2.05) is 18.2 Å². The van der Waals surface area contributed by atoms with E-state index in [4.69, 9.17) is 9.47 Å². The van der Waals surface area contributed by atoms with Crippen molar-refractivity contribution in [3.8, 4) is 11.5 Å². The minimum Gasteiger partial charge on any atom is -0.454 e. The monoisotopic (exact) mass is 388 g/mol. The Hall–Kier alpha value is -3.61. The molecule has 0 radical (unpaired) electrons. The third-order valence-corrected chi connectivity index (χ3v) is 5.20. The predicted molar refractivity (Wildman–Crippen MR) is 107 cm³/mol. The van der Waals surface area contributed by atoms with Crippen molar-refractivity contribution in [1.29, 1.82) is 0 Å². The van der Waals surface area contributed by atoms with Crippen molar-refractivity contribution >= 4 is 11.9 Å². The van der Waals surface area contributed by atoms with Gasteiger partial charge in [-0.2, -0.15) is 0 Å². The van der Waals surface area contributed by atoms with Crippen LogP contribution in [0.4, 0.5) is 5.95 Å². The predicted octanol–water partition coefficient (Wildman–Crippen LogP) is 2.70. The van der Waals surface area contributed by atoms with Gasteiger partial charge in [0.1, 0.15) is 0 Å². The number of nitrogens with zero attached hydrogens (tertiary/aromatic N) is 3. The number of amides is 1. The van der Waals surface area contributed by atoms with Crippen molar-refractivity contribution in [3.05, 3.63) is 77.1 Å². The highest BCUT2D eigenvalue weighted by Gasteiger charge is 2.19. The molecule has 29 heavy (non-hydrogen) atoms. The molecule has 2 aromatic carbocycles. The van der Waals surface area contributed by atoms with Crippen LogP contribution in [0.25, 0.3) is 0 Å². The fourth-order valence-electron chi connectivity index (χ4n) is 3.60. The molecular formula is C22H20N4O3. The summed E-state index contributed by atoms with van der Waals surface area (Å²) in [4.78, 5) is 23.4. The Balaban J connectivity index is 1.22. The number of anilines is 1. The van der Waals surface area contributed by atoms with E-state index in [0.717, 1.165) is 30.8 Å². The van der Waals surface area contributed by atoms with Gasteiger partial charge in [-0.25, -0.2) is 9.97 Å². The molecule has 5 rings (SSSR count). The summed E-state index contributed by atoms with van der Waals surface area (Å²) in [5, 5.41) is 2.89. The first-order valence-corrected chi connectivity index (χ1v) is 9.57. The summed E-state index contributed by atoms with van der Waals surface area (Å²) in [5.41, 5.74) is 4.05. The van der Waals surface area contributed by atoms with Crippen LogP contribution in [-0.2, 0) is 19.5 Å². The van der Waals surface area contributed by atoms with Crippen molar-refractivity contribution in [2.45, 2.75) is 19.5 Å². The molecule has 3 aromatic rings. The number of carbonyl (C=O) groups excluding carboxylic acids is 1. The van der Waals surface area contributed by atoms with Gasteiger partial charge < -0.3 is 19.7 Å². The first kappa shape index (κ1) is 17.5. The molecular weight excluding hydrogens is 368 g/mol. The lowest BCUT2D eigenvalue weighted by Gasteiger charge is -2.28. The zero-order chi connectivity index (χ0) is 19.6. The number of carbonyl (C=O) groups is 1. The molecule has 0 aliphatic carbocycles. The number of rotatable bonds is 4. The van der Waals surface area contributed by atoms with Crippen LogP contribution < -0.4 is 19.7 Å². The van der Waals surface area contributed by atoms with Crippen LogP contribution in [-0.4, -0.2) is 29.2 Å². The van der Waals surface area contributed by atoms with Gasteiger partial charge in [0.2, 0.25) is 12.7 Å². The van der Waals surface area contributed by atoms with Crippen molar-refractivity contribution in [2.75, 3.05) is 18.2 Å². The number of ether oxygens (including phenoxy) is 2. The zero-order valence-corrected chi connectivity index (χ0v) is 15.8. The Bertz CT molecular complexity index is 1050. The second-order valence-corrected chi connectivity index (χ2v) is 7.08. The molecule has 0 spiro atoms. The standard InChI is InChI=1S/C22H20N4O3/c27-21(23-10-15-5-6-19-20(9-15)29-14-28-19)18-11-24-22(25-12-18)26-8-7-16-3-1-2-4-17(16)13-26/h1-6,9,11-12H,7-8,10,13-14H2,(H,23,27). The highest BCUT2D eigenvalue weighted by Crippen LogP contribution is 2.32. The molecule has 2 aliphatic rings. The van der Waals surface area contributed by atoms with Crippen LogP contribution in [0.3, 0.4) is 0 Å². The van der Waals surface area contributed by atoms with Crippen LogP contribution in [0.5, 0.6) is 11.5 Å². The van der Waals surface area contributed by atoms with Gasteiger partial charge in [-0.15, -0.1) is 0 Å². The van der Waals surface area contributed by atoms with E-state index in [1.165, 1.54) is 11.1 Å². The number of fused-ring (bicyclic) bond motifs is 2. The normalized spacial score (nSPS) is 14.4. The Morgan fingerprint density at radius 1 is 1.03 bits per heavy atom. The molecule has 0 atom stereocenters. The molecule has 3 heterocycles. The Kier molecular flexibility index (Phi) is 4.48. The average Bonchev–Trinajstić information content (AvgIpc) is 3.25. The van der Waals surface area contributed by atoms with Gasteiger partial charge in [-0.05, 0) is 35.2 Å². The second-order valence-electron chi connectivity index (χ2n) is 7.08. The number of aromatic nitrogens is 2. The summed E-state index contributed by atoms with van der Waals surface area (Å²) in [7, 11) is 0. The Morgan fingerprint density at radius 2 is 1.83 bits per heavy atom. The molecule has 2 aliphatic heterocycles. The van der Waals surface area contributed by atoms with Gasteiger partial charge in [0, 0.05) is 32.0 Å². The Morgan fingerprint density at radius 3 is 2.69 bits per heavy atom. The van der Waals surface area contributed by atoms with E-state index in [2.05, 4.69) is 44.5 Å². The molecule has 1 aromatic heterocycles. The summed E-state index contributed by atoms with van der Waals surface area (Å²) < 4.78 is 10.7. The van der Waals surface area contributed by atoms with Crippen molar-refractivity contribution in [2.24, 2.45) is 0 Å². The number of hydrogen-bond donors (Lipinski definition) is 1. The maximum absolute atomic E-state index is 12.4. The van der Waals surface area contributed by atoms with E-state index in [1.54, 1.807) is 12.4 Å². The van der Waals surface area contributed by atoms with E-state index in [0.29, 0.717) is 23.8 Å². The van der Waals surface area contributed by atoms with Crippen LogP contribution in [0, 0.1) is 0 Å². The zero-order valence-electron chi connectivity index (χ0n) is 15.8. The van der Waals surface area contributed by atoms with Gasteiger partial charge in [-0.3, -0.25) is 4.79 Å². The fourth-order valence-corrected chi connectivity index (χ4v) is 3.60. The average molecular weight is 388 g/mol. The number of nitrogens with one attached hydrogen (secondary N) is 1. The lowest BCUT2D eigenvalue weighted by molar-refractivity contribution is 0.0950. The maximum Gasteiger partial charge on any atom is 0.254 e. The molecule has 1 N–H and O–H groups in total. The largest absolute Gasteiger partial charge is 0.454 e. The van der Waals surface area contributed by atoms with Crippen LogP contribution in [0.2, 0.25) is 0 Å². The van der Waals surface area contributed by atoms with E-state index in [-0.39, 0.29) is 12.7 Å². The minimum absolute atomic E-state index is 0.210. The lowest BCUT2D eigenvalue weighted by Crippen LogP contribution is -2.32. The molecule has 0 unspecified atom stereocenters. The maximum atomic E-state index is 12.4. The van der Waals surface area contributed by atoms with E-state index in [9.17, 15) is 4.79 Å². The summed E-state index contributed by atoms with van der Waals surface area (Å²) >= 11 is 0. The van der Waals surface area contributed by atoms with Gasteiger partial charge in [0.15, 0.2) is 11.5 Å². The second kappa shape index (κ2) is 7.43. The van der Waals surface area contributed by atoms with Gasteiger partial charge in [-0.1, -0.05) is 30.3 Å².